The van der Waals surface area contributed by atoms with Crippen LogP contribution < -0.4 is 4.72 Å². The third-order valence-corrected chi connectivity index (χ3v) is 5.80. The van der Waals surface area contributed by atoms with Gasteiger partial charge in [-0.3, -0.25) is 4.31 Å². The monoisotopic (exact) mass is 475 g/mol. The number of allylic oxidation sites excluding steroid dienone is 1. The number of amides is 1. The van der Waals surface area contributed by atoms with Gasteiger partial charge >= 0.3 is 6.09 Å². The highest BCUT2D eigenvalue weighted by molar-refractivity contribution is 7.80. The number of ether oxygens (including phenoxy) is 1. The van der Waals surface area contributed by atoms with Crippen molar-refractivity contribution in [3.63, 3.8) is 0 Å². The second kappa shape index (κ2) is 16.0. The van der Waals surface area contributed by atoms with Crippen LogP contribution in [0.3, 0.4) is 0 Å². The van der Waals surface area contributed by atoms with E-state index in [0.717, 1.165) is 22.0 Å². The Bertz CT molecular complexity index is 655. The van der Waals surface area contributed by atoms with E-state index in [-0.39, 0.29) is 19.5 Å². The maximum absolute atomic E-state index is 14.1. The van der Waals surface area contributed by atoms with Gasteiger partial charge < -0.3 is 14.4 Å². The summed E-state index contributed by atoms with van der Waals surface area (Å²) in [5.41, 5.74) is 0.133. The Hall–Kier alpha value is -1.74. The number of nitrogens with one attached hydrogen (secondary N) is 1. The number of rotatable bonds is 8. The van der Waals surface area contributed by atoms with Gasteiger partial charge in [0.05, 0.1) is 6.54 Å². The minimum Gasteiger partial charge on any atom is -0.444 e. The Balaban J connectivity index is 0.00000101. The molecule has 1 aliphatic carbocycles. The van der Waals surface area contributed by atoms with E-state index in [2.05, 4.69) is 11.6 Å². The number of carbonyl (C=O) groups excluding carboxylic acids is 2. The molecule has 1 amide bonds. The fourth-order valence-corrected chi connectivity index (χ4v) is 3.53. The topological polar surface area (TPSA) is 79.0 Å². The smallest absolute Gasteiger partial charge is 0.410 e. The molecule has 0 aromatic rings. The highest BCUT2D eigenvalue weighted by atomic mass is 32.2. The molecule has 1 N–H and O–H groups in total. The first-order valence-electron chi connectivity index (χ1n) is 11.4. The van der Waals surface area contributed by atoms with Crippen molar-refractivity contribution >= 4 is 23.6 Å². The second-order valence-corrected chi connectivity index (χ2v) is 9.78. The lowest BCUT2D eigenvalue weighted by Crippen LogP contribution is -2.35. The van der Waals surface area contributed by atoms with Gasteiger partial charge in [-0.25, -0.2) is 18.1 Å². The van der Waals surface area contributed by atoms with Crippen molar-refractivity contribution in [1.82, 2.24) is 13.9 Å². The summed E-state index contributed by atoms with van der Waals surface area (Å²) in [7, 11) is 1.44. The third kappa shape index (κ3) is 12.3. The molecule has 2 rings (SSSR count). The van der Waals surface area contributed by atoms with E-state index >= 15 is 0 Å². The van der Waals surface area contributed by atoms with Gasteiger partial charge in [0.25, 0.3) is 0 Å². The van der Waals surface area contributed by atoms with Crippen LogP contribution >= 0.6 is 0 Å². The number of aldehydes is 1. The molecule has 0 saturated heterocycles. The van der Waals surface area contributed by atoms with Crippen LogP contribution in [0.5, 0.6) is 0 Å². The zero-order valence-corrected chi connectivity index (χ0v) is 21.6. The van der Waals surface area contributed by atoms with Crippen LogP contribution in [0.25, 0.3) is 0 Å². The second-order valence-electron chi connectivity index (χ2n) is 8.40. The summed E-state index contributed by atoms with van der Waals surface area (Å²) < 4.78 is 34.5. The Morgan fingerprint density at radius 1 is 1.38 bits per heavy atom. The molecule has 0 aromatic carbocycles. The van der Waals surface area contributed by atoms with E-state index < -0.39 is 28.7 Å². The molecule has 2 aliphatic rings. The largest absolute Gasteiger partial charge is 0.444 e. The van der Waals surface area contributed by atoms with Crippen molar-refractivity contribution in [2.45, 2.75) is 79.2 Å². The van der Waals surface area contributed by atoms with E-state index in [4.69, 9.17) is 4.74 Å². The maximum Gasteiger partial charge on any atom is 0.410 e. The van der Waals surface area contributed by atoms with Gasteiger partial charge in [0.2, 0.25) is 0 Å². The molecular formula is C23H42FN3O4S. The number of hydrogen-bond acceptors (Lipinski definition) is 4. The van der Waals surface area contributed by atoms with Crippen LogP contribution in [0.15, 0.2) is 23.7 Å². The number of hydrogen-bond donors (Lipinski definition) is 1. The molecule has 1 fully saturated rings. The Morgan fingerprint density at radius 2 is 2.00 bits per heavy atom. The Kier molecular flexibility index (Phi) is 15.1. The predicted molar refractivity (Wildman–Crippen MR) is 129 cm³/mol. The van der Waals surface area contributed by atoms with Crippen LogP contribution in [0.1, 0.15) is 73.6 Å². The van der Waals surface area contributed by atoms with Gasteiger partial charge in [0.1, 0.15) is 17.7 Å². The molecule has 1 unspecified atom stereocenters. The molecule has 7 nitrogen and oxygen atoms in total. The molecule has 0 spiro atoms. The van der Waals surface area contributed by atoms with Crippen molar-refractivity contribution < 1.29 is 22.9 Å². The van der Waals surface area contributed by atoms with Crippen LogP contribution in [0, 0.1) is 5.92 Å². The van der Waals surface area contributed by atoms with Crippen molar-refractivity contribution in [2.24, 2.45) is 5.92 Å². The summed E-state index contributed by atoms with van der Waals surface area (Å²) >= 11 is -1.68. The first-order chi connectivity index (χ1) is 15.1. The Morgan fingerprint density at radius 3 is 2.41 bits per heavy atom. The average molecular weight is 476 g/mol. The minimum absolute atomic E-state index is 0.0183. The average Bonchev–Trinajstić information content (AvgIpc) is 3.15. The van der Waals surface area contributed by atoms with Crippen molar-refractivity contribution in [3.8, 4) is 0 Å². The first-order valence-corrected chi connectivity index (χ1v) is 12.5. The molecular weight excluding hydrogens is 433 g/mol. The zero-order valence-electron chi connectivity index (χ0n) is 20.8. The fraction of sp³-hybridized carbons (Fsp3) is 0.739. The quantitative estimate of drug-likeness (QED) is 0.401. The lowest BCUT2D eigenvalue weighted by Gasteiger charge is -2.24. The molecule has 0 radical (unpaired) electrons. The first kappa shape index (κ1) is 30.3. The number of nitrogens with zero attached hydrogens (tertiary/aromatic N) is 2. The van der Waals surface area contributed by atoms with Crippen LogP contribution in [0.4, 0.5) is 9.18 Å². The summed E-state index contributed by atoms with van der Waals surface area (Å²) in [4.78, 5) is 24.0. The molecule has 1 saturated carbocycles. The number of carbonyl (C=O) groups is 2. The SMILES string of the molecule is CC.CCC1CCC1.CNS(=O)N(/C=C(\F)CC1=CCN(C(=O)OC(C)(C)C)C1)CC=O. The molecule has 9 heteroatoms. The van der Waals surface area contributed by atoms with Crippen LogP contribution in [-0.4, -0.2) is 58.1 Å². The zero-order chi connectivity index (χ0) is 24.7. The highest BCUT2D eigenvalue weighted by Crippen LogP contribution is 2.28. The van der Waals surface area contributed by atoms with E-state index in [9.17, 15) is 18.2 Å². The highest BCUT2D eigenvalue weighted by Gasteiger charge is 2.25. The van der Waals surface area contributed by atoms with E-state index in [1.807, 2.05) is 13.8 Å². The molecule has 1 aliphatic heterocycles. The van der Waals surface area contributed by atoms with Crippen molar-refractivity contribution in [2.75, 3.05) is 26.7 Å². The van der Waals surface area contributed by atoms with Crippen LogP contribution in [0.2, 0.25) is 0 Å². The molecule has 186 valence electrons. The Labute approximate surface area is 196 Å². The standard InChI is InChI=1S/C15H24FN3O4S.C6H12.C2H6/c1-15(2,3)23-14(21)18-6-5-12(10-18)9-13(16)11-19(7-8-20)24(22)17-4;1-2-6-4-3-5-6;1-2/h5,8,11,17H,6-7,9-10H2,1-4H3;6H,2-5H2,1H3;1-2H3/b13-11-;;. The fourth-order valence-electron chi connectivity index (χ4n) is 2.89. The van der Waals surface area contributed by atoms with E-state index in [1.165, 1.54) is 37.6 Å². The molecule has 32 heavy (non-hydrogen) atoms. The van der Waals surface area contributed by atoms with Gasteiger partial charge in [-0.1, -0.05) is 52.5 Å². The van der Waals surface area contributed by atoms with Crippen molar-refractivity contribution in [3.05, 3.63) is 23.7 Å². The minimum atomic E-state index is -1.68. The molecule has 1 heterocycles. The summed E-state index contributed by atoms with van der Waals surface area (Å²) in [5.74, 6) is 0.572. The van der Waals surface area contributed by atoms with E-state index in [0.29, 0.717) is 12.8 Å². The van der Waals surface area contributed by atoms with Crippen molar-refractivity contribution in [1.29, 1.82) is 0 Å². The lowest BCUT2D eigenvalue weighted by atomic mass is 9.84. The van der Waals surface area contributed by atoms with Gasteiger partial charge in [0, 0.05) is 25.7 Å². The van der Waals surface area contributed by atoms with Gasteiger partial charge in [-0.15, -0.1) is 0 Å². The summed E-state index contributed by atoms with van der Waals surface area (Å²) in [6, 6.07) is 0. The molecule has 1 atom stereocenters. The van der Waals surface area contributed by atoms with Gasteiger partial charge in [-0.2, -0.15) is 0 Å². The summed E-state index contributed by atoms with van der Waals surface area (Å²) in [6.45, 7) is 12.1. The van der Waals surface area contributed by atoms with Crippen LogP contribution in [-0.2, 0) is 20.7 Å². The molecule has 0 aromatic heterocycles. The maximum atomic E-state index is 14.1. The summed E-state index contributed by atoms with van der Waals surface area (Å²) in [5, 5.41) is 0. The predicted octanol–water partition coefficient (Wildman–Crippen LogP) is 4.89. The third-order valence-electron chi connectivity index (χ3n) is 4.77. The lowest BCUT2D eigenvalue weighted by molar-refractivity contribution is -0.107. The summed E-state index contributed by atoms with van der Waals surface area (Å²) in [6.07, 6.45) is 8.81. The molecule has 0 bridgehead atoms. The number of halogens is 1. The normalized spacial score (nSPS) is 17.1. The van der Waals surface area contributed by atoms with Gasteiger partial charge in [-0.05, 0) is 39.3 Å². The van der Waals surface area contributed by atoms with Gasteiger partial charge in [0.15, 0.2) is 11.2 Å². The van der Waals surface area contributed by atoms with E-state index in [1.54, 1.807) is 26.8 Å².